The molecule has 1 heterocycles. The molecule has 0 radical (unpaired) electrons. The number of rotatable bonds is 6. The van der Waals surface area contributed by atoms with Crippen LogP contribution in [0.2, 0.25) is 0 Å². The van der Waals surface area contributed by atoms with Gasteiger partial charge in [0.15, 0.2) is 0 Å². The van der Waals surface area contributed by atoms with Gasteiger partial charge in [-0.05, 0) is 42.4 Å². The lowest BCUT2D eigenvalue weighted by molar-refractivity contribution is 0.240. The van der Waals surface area contributed by atoms with Gasteiger partial charge in [-0.1, -0.05) is 22.0 Å². The van der Waals surface area contributed by atoms with Crippen molar-refractivity contribution in [2.75, 3.05) is 20.7 Å². The first-order valence-corrected chi connectivity index (χ1v) is 7.57. The van der Waals surface area contributed by atoms with E-state index in [-0.39, 0.29) is 6.04 Å². The van der Waals surface area contributed by atoms with Crippen LogP contribution in [-0.2, 0) is 6.54 Å². The second-order valence-corrected chi connectivity index (χ2v) is 5.77. The van der Waals surface area contributed by atoms with E-state index in [9.17, 15) is 0 Å². The largest absolute Gasteiger partial charge is 0.497 e. The zero-order valence-electron chi connectivity index (χ0n) is 12.3. The van der Waals surface area contributed by atoms with Crippen molar-refractivity contribution in [1.29, 1.82) is 0 Å². The van der Waals surface area contributed by atoms with Gasteiger partial charge in [0.1, 0.15) is 5.75 Å². The molecule has 1 aromatic carbocycles. The number of benzene rings is 1. The minimum Gasteiger partial charge on any atom is -0.497 e. The van der Waals surface area contributed by atoms with Crippen LogP contribution in [0.3, 0.4) is 0 Å². The fourth-order valence-corrected chi connectivity index (χ4v) is 2.85. The van der Waals surface area contributed by atoms with Crippen LogP contribution in [0.1, 0.15) is 17.2 Å². The lowest BCUT2D eigenvalue weighted by Gasteiger charge is -2.28. The fraction of sp³-hybridized carbons (Fsp3) is 0.312. The van der Waals surface area contributed by atoms with Gasteiger partial charge in [-0.2, -0.15) is 0 Å². The molecule has 0 aliphatic carbocycles. The van der Waals surface area contributed by atoms with E-state index in [2.05, 4.69) is 38.9 Å². The van der Waals surface area contributed by atoms with Crippen molar-refractivity contribution in [1.82, 2.24) is 9.88 Å². The number of aromatic nitrogens is 1. The summed E-state index contributed by atoms with van der Waals surface area (Å²) in [7, 11) is 3.74. The van der Waals surface area contributed by atoms with Crippen LogP contribution >= 0.6 is 15.9 Å². The van der Waals surface area contributed by atoms with Gasteiger partial charge in [-0.15, -0.1) is 0 Å². The molecule has 21 heavy (non-hydrogen) atoms. The summed E-state index contributed by atoms with van der Waals surface area (Å²) in [5.41, 5.74) is 8.29. The normalized spacial score (nSPS) is 12.4. The van der Waals surface area contributed by atoms with E-state index in [0.29, 0.717) is 6.54 Å². The Bertz CT molecular complexity index is 577. The summed E-state index contributed by atoms with van der Waals surface area (Å²) in [4.78, 5) is 6.37. The Balaban J connectivity index is 2.22. The first-order chi connectivity index (χ1) is 10.2. The van der Waals surface area contributed by atoms with Crippen molar-refractivity contribution in [2.45, 2.75) is 12.6 Å². The number of pyridine rings is 1. The Labute approximate surface area is 134 Å². The summed E-state index contributed by atoms with van der Waals surface area (Å²) >= 11 is 3.60. The number of hydrogen-bond donors (Lipinski definition) is 1. The van der Waals surface area contributed by atoms with Gasteiger partial charge < -0.3 is 10.5 Å². The standard InChI is InChI=1S/C16H20BrN3O/c1-20(11-12-4-3-7-19-10-12)16(9-18)14-8-13(21-2)5-6-15(14)17/h3-8,10,16H,9,11,18H2,1-2H3. The molecule has 0 saturated heterocycles. The predicted molar refractivity (Wildman–Crippen MR) is 88.2 cm³/mol. The topological polar surface area (TPSA) is 51.4 Å². The molecule has 0 bridgehead atoms. The third kappa shape index (κ3) is 4.03. The van der Waals surface area contributed by atoms with Gasteiger partial charge in [0.2, 0.25) is 0 Å². The Morgan fingerprint density at radius 1 is 1.38 bits per heavy atom. The van der Waals surface area contributed by atoms with Crippen LogP contribution in [-0.4, -0.2) is 30.6 Å². The Morgan fingerprint density at radius 2 is 2.19 bits per heavy atom. The Kier molecular flexibility index (Phi) is 5.73. The lowest BCUT2D eigenvalue weighted by Crippen LogP contribution is -2.30. The molecular weight excluding hydrogens is 330 g/mol. The first kappa shape index (κ1) is 15.9. The number of likely N-dealkylation sites (N-methyl/N-ethyl adjacent to an activating group) is 1. The SMILES string of the molecule is COc1ccc(Br)c(C(CN)N(C)Cc2cccnc2)c1. The highest BCUT2D eigenvalue weighted by Gasteiger charge is 2.19. The maximum atomic E-state index is 6.00. The number of ether oxygens (including phenoxy) is 1. The Morgan fingerprint density at radius 3 is 2.81 bits per heavy atom. The second kappa shape index (κ2) is 7.54. The number of nitrogens with two attached hydrogens (primary N) is 1. The summed E-state index contributed by atoms with van der Waals surface area (Å²) in [6.07, 6.45) is 3.66. The molecule has 2 rings (SSSR count). The van der Waals surface area contributed by atoms with Gasteiger partial charge in [0.05, 0.1) is 7.11 Å². The van der Waals surface area contributed by atoms with E-state index in [1.165, 1.54) is 0 Å². The number of hydrogen-bond acceptors (Lipinski definition) is 4. The van der Waals surface area contributed by atoms with E-state index < -0.39 is 0 Å². The highest BCUT2D eigenvalue weighted by Crippen LogP contribution is 2.30. The quantitative estimate of drug-likeness (QED) is 0.870. The maximum Gasteiger partial charge on any atom is 0.119 e. The van der Waals surface area contributed by atoms with Crippen LogP contribution in [0.5, 0.6) is 5.75 Å². The average molecular weight is 350 g/mol. The van der Waals surface area contributed by atoms with Crippen molar-refractivity contribution >= 4 is 15.9 Å². The van der Waals surface area contributed by atoms with Crippen molar-refractivity contribution < 1.29 is 4.74 Å². The van der Waals surface area contributed by atoms with Gasteiger partial charge in [-0.3, -0.25) is 9.88 Å². The number of nitrogens with zero attached hydrogens (tertiary/aromatic N) is 2. The molecule has 112 valence electrons. The lowest BCUT2D eigenvalue weighted by atomic mass is 10.0. The molecule has 2 aromatic rings. The number of halogens is 1. The zero-order valence-corrected chi connectivity index (χ0v) is 13.9. The Hall–Kier alpha value is -1.43. The first-order valence-electron chi connectivity index (χ1n) is 6.78. The molecule has 0 aliphatic rings. The minimum atomic E-state index is 0.106. The molecule has 1 atom stereocenters. The molecule has 4 nitrogen and oxygen atoms in total. The number of methoxy groups -OCH3 is 1. The molecule has 0 spiro atoms. The van der Waals surface area contributed by atoms with Crippen LogP contribution in [0.15, 0.2) is 47.2 Å². The van der Waals surface area contributed by atoms with Gasteiger partial charge in [-0.25, -0.2) is 0 Å². The summed E-state index contributed by atoms with van der Waals surface area (Å²) in [6, 6.07) is 10.1. The van der Waals surface area contributed by atoms with E-state index in [0.717, 1.165) is 27.9 Å². The maximum absolute atomic E-state index is 6.00. The zero-order chi connectivity index (χ0) is 15.2. The highest BCUT2D eigenvalue weighted by molar-refractivity contribution is 9.10. The fourth-order valence-electron chi connectivity index (χ4n) is 2.34. The second-order valence-electron chi connectivity index (χ2n) is 4.92. The molecule has 0 saturated carbocycles. The van der Waals surface area contributed by atoms with Crippen molar-refractivity contribution in [3.8, 4) is 5.75 Å². The monoisotopic (exact) mass is 349 g/mol. The summed E-state index contributed by atoms with van der Waals surface area (Å²) in [5.74, 6) is 0.835. The minimum absolute atomic E-state index is 0.106. The van der Waals surface area contributed by atoms with Crippen molar-refractivity contribution in [3.05, 3.63) is 58.3 Å². The van der Waals surface area contributed by atoms with Crippen LogP contribution < -0.4 is 10.5 Å². The van der Waals surface area contributed by atoms with Crippen molar-refractivity contribution in [2.24, 2.45) is 5.73 Å². The summed E-state index contributed by atoms with van der Waals surface area (Å²) < 4.78 is 6.35. The smallest absolute Gasteiger partial charge is 0.119 e. The van der Waals surface area contributed by atoms with Crippen LogP contribution in [0.4, 0.5) is 0 Å². The molecule has 1 unspecified atom stereocenters. The van der Waals surface area contributed by atoms with Crippen LogP contribution in [0, 0.1) is 0 Å². The van der Waals surface area contributed by atoms with Gasteiger partial charge in [0, 0.05) is 36.0 Å². The summed E-state index contributed by atoms with van der Waals surface area (Å²) in [6.45, 7) is 1.32. The molecule has 0 fully saturated rings. The molecule has 5 heteroatoms. The van der Waals surface area contributed by atoms with Crippen LogP contribution in [0.25, 0.3) is 0 Å². The molecule has 0 amide bonds. The van der Waals surface area contributed by atoms with Gasteiger partial charge in [0.25, 0.3) is 0 Å². The van der Waals surface area contributed by atoms with Crippen molar-refractivity contribution in [3.63, 3.8) is 0 Å². The van der Waals surface area contributed by atoms with E-state index in [1.807, 2.05) is 30.5 Å². The van der Waals surface area contributed by atoms with E-state index in [4.69, 9.17) is 10.5 Å². The average Bonchev–Trinajstić information content (AvgIpc) is 2.51. The van der Waals surface area contributed by atoms with E-state index >= 15 is 0 Å². The summed E-state index contributed by atoms with van der Waals surface area (Å²) in [5, 5.41) is 0. The highest BCUT2D eigenvalue weighted by atomic mass is 79.9. The predicted octanol–water partition coefficient (Wildman–Crippen LogP) is 2.98. The van der Waals surface area contributed by atoms with E-state index in [1.54, 1.807) is 13.3 Å². The molecule has 0 aliphatic heterocycles. The molecule has 1 aromatic heterocycles. The third-order valence-corrected chi connectivity index (χ3v) is 4.19. The molecular formula is C16H20BrN3O. The third-order valence-electron chi connectivity index (χ3n) is 3.47. The molecule has 2 N–H and O–H groups in total. The van der Waals surface area contributed by atoms with Gasteiger partial charge >= 0.3 is 0 Å².